The van der Waals surface area contributed by atoms with E-state index in [9.17, 15) is 9.90 Å². The van der Waals surface area contributed by atoms with Crippen LogP contribution >= 0.6 is 0 Å². The summed E-state index contributed by atoms with van der Waals surface area (Å²) in [5.41, 5.74) is 0.829. The number of nitrogens with one attached hydrogen (secondary N) is 1. The summed E-state index contributed by atoms with van der Waals surface area (Å²) < 4.78 is 0. The van der Waals surface area contributed by atoms with Gasteiger partial charge in [0, 0.05) is 18.8 Å². The van der Waals surface area contributed by atoms with Gasteiger partial charge in [0.05, 0.1) is 17.5 Å². The van der Waals surface area contributed by atoms with Crippen LogP contribution in [0.2, 0.25) is 0 Å². The number of fused-ring (bicyclic) bond motifs is 2. The second kappa shape index (κ2) is 6.75. The number of piperidine rings is 1. The van der Waals surface area contributed by atoms with Gasteiger partial charge in [-0.05, 0) is 52.4 Å². The van der Waals surface area contributed by atoms with Gasteiger partial charge in [0.25, 0.3) is 0 Å². The minimum Gasteiger partial charge on any atom is -0.465 e. The number of aromatic nitrogens is 3. The molecule has 2 aliphatic rings. The topological polar surface area (TPSA) is 88.6 Å². The van der Waals surface area contributed by atoms with Crippen LogP contribution in [0, 0.1) is 0 Å². The van der Waals surface area contributed by atoms with E-state index < -0.39 is 6.09 Å². The fraction of sp³-hybridized carbons (Fsp3) is 0.611. The van der Waals surface area contributed by atoms with Crippen LogP contribution in [-0.2, 0) is 0 Å². The molecule has 2 aromatic rings. The quantitative estimate of drug-likeness (QED) is 0.869. The fourth-order valence-corrected chi connectivity index (χ4v) is 4.60. The van der Waals surface area contributed by atoms with Crippen molar-refractivity contribution in [1.82, 2.24) is 24.8 Å². The first-order valence-electron chi connectivity index (χ1n) is 9.27. The van der Waals surface area contributed by atoms with Gasteiger partial charge in [-0.25, -0.2) is 14.8 Å². The molecule has 8 nitrogen and oxygen atoms in total. The molecule has 1 unspecified atom stereocenters. The zero-order valence-electron chi connectivity index (χ0n) is 15.3. The molecule has 2 aromatic heterocycles. The lowest BCUT2D eigenvalue weighted by Gasteiger charge is -2.39. The minimum atomic E-state index is -0.803. The molecule has 0 aromatic carbocycles. The Balaban J connectivity index is 1.73. The standard InChI is InChI=1S/C18H26N6O2/c1-22(2)9-6-12-10-15-14(4-3-8-23(15)18(25)26)24(12)17-13-5-7-19-16(13)20-11-21-17/h5,7,11-12,14-15H,3-4,6,8-10H2,1-2H3,(H,25,26)(H,19,20,21)/t12?,14-,15-/m1/s1. The average Bonchev–Trinajstić information content (AvgIpc) is 3.23. The molecule has 1 amide bonds. The summed E-state index contributed by atoms with van der Waals surface area (Å²) in [5, 5.41) is 10.7. The number of carboxylic acid groups (broad SMARTS) is 1. The van der Waals surface area contributed by atoms with Crippen molar-refractivity contribution in [3.63, 3.8) is 0 Å². The highest BCUT2D eigenvalue weighted by Gasteiger charge is 2.47. The smallest absolute Gasteiger partial charge is 0.407 e. The van der Waals surface area contributed by atoms with Crippen molar-refractivity contribution in [3.8, 4) is 0 Å². The number of hydrogen-bond donors (Lipinski definition) is 2. The highest BCUT2D eigenvalue weighted by molar-refractivity contribution is 5.87. The summed E-state index contributed by atoms with van der Waals surface area (Å²) in [4.78, 5) is 30.1. The van der Waals surface area contributed by atoms with E-state index in [1.54, 1.807) is 11.2 Å². The largest absolute Gasteiger partial charge is 0.465 e. The molecule has 8 heteroatoms. The first-order chi connectivity index (χ1) is 12.6. The normalized spacial score (nSPS) is 25.9. The summed E-state index contributed by atoms with van der Waals surface area (Å²) >= 11 is 0. The molecule has 0 spiro atoms. The van der Waals surface area contributed by atoms with E-state index in [-0.39, 0.29) is 18.1 Å². The maximum atomic E-state index is 11.8. The number of hydrogen-bond acceptors (Lipinski definition) is 5. The van der Waals surface area contributed by atoms with Crippen molar-refractivity contribution in [2.75, 3.05) is 32.1 Å². The van der Waals surface area contributed by atoms with Gasteiger partial charge in [-0.1, -0.05) is 0 Å². The van der Waals surface area contributed by atoms with Gasteiger partial charge < -0.3 is 24.8 Å². The molecule has 4 rings (SSSR count). The molecular formula is C18H26N6O2. The Morgan fingerprint density at radius 3 is 3.00 bits per heavy atom. The van der Waals surface area contributed by atoms with Crippen LogP contribution < -0.4 is 4.90 Å². The number of nitrogens with zero attached hydrogens (tertiary/aromatic N) is 5. The Kier molecular flexibility index (Phi) is 4.44. The molecule has 0 radical (unpaired) electrons. The number of aromatic amines is 1. The number of carbonyl (C=O) groups is 1. The lowest BCUT2D eigenvalue weighted by atomic mass is 9.96. The van der Waals surface area contributed by atoms with Crippen molar-refractivity contribution in [2.45, 2.75) is 43.8 Å². The molecule has 0 aliphatic carbocycles. The van der Waals surface area contributed by atoms with E-state index in [1.807, 2.05) is 12.3 Å². The third-order valence-corrected chi connectivity index (χ3v) is 5.74. The van der Waals surface area contributed by atoms with E-state index in [1.165, 1.54) is 0 Å². The fourth-order valence-electron chi connectivity index (χ4n) is 4.60. The minimum absolute atomic E-state index is 0.0392. The van der Waals surface area contributed by atoms with Gasteiger partial charge >= 0.3 is 6.09 Å². The maximum absolute atomic E-state index is 11.8. The Morgan fingerprint density at radius 2 is 2.23 bits per heavy atom. The molecule has 2 N–H and O–H groups in total. The van der Waals surface area contributed by atoms with Crippen LogP contribution in [0.3, 0.4) is 0 Å². The molecule has 26 heavy (non-hydrogen) atoms. The highest BCUT2D eigenvalue weighted by atomic mass is 16.4. The van der Waals surface area contributed by atoms with Gasteiger partial charge in [-0.15, -0.1) is 0 Å². The number of anilines is 1. The molecule has 2 saturated heterocycles. The van der Waals surface area contributed by atoms with Gasteiger partial charge in [0.1, 0.15) is 17.8 Å². The molecule has 2 aliphatic heterocycles. The lowest BCUT2D eigenvalue weighted by molar-refractivity contribution is 0.105. The summed E-state index contributed by atoms with van der Waals surface area (Å²) in [6, 6.07) is 2.51. The average molecular weight is 358 g/mol. The van der Waals surface area contributed by atoms with E-state index in [4.69, 9.17) is 0 Å². The second-order valence-electron chi connectivity index (χ2n) is 7.58. The van der Waals surface area contributed by atoms with E-state index in [2.05, 4.69) is 38.8 Å². The van der Waals surface area contributed by atoms with Gasteiger partial charge in [-0.3, -0.25) is 0 Å². The van der Waals surface area contributed by atoms with Gasteiger partial charge in [0.2, 0.25) is 0 Å². The third kappa shape index (κ3) is 2.88. The lowest BCUT2D eigenvalue weighted by Crippen LogP contribution is -2.52. The number of rotatable bonds is 4. The maximum Gasteiger partial charge on any atom is 0.407 e. The van der Waals surface area contributed by atoms with Crippen molar-refractivity contribution < 1.29 is 9.90 Å². The molecule has 0 bridgehead atoms. The third-order valence-electron chi connectivity index (χ3n) is 5.74. The number of amides is 1. The summed E-state index contributed by atoms with van der Waals surface area (Å²) in [6.45, 7) is 1.60. The second-order valence-corrected chi connectivity index (χ2v) is 7.58. The molecule has 140 valence electrons. The van der Waals surface area contributed by atoms with Crippen LogP contribution in [0.5, 0.6) is 0 Å². The van der Waals surface area contributed by atoms with Crippen molar-refractivity contribution in [1.29, 1.82) is 0 Å². The number of H-pyrrole nitrogens is 1. The highest BCUT2D eigenvalue weighted by Crippen LogP contribution is 2.40. The Bertz CT molecular complexity index is 791. The predicted octanol–water partition coefficient (Wildman–Crippen LogP) is 2.00. The van der Waals surface area contributed by atoms with Crippen molar-refractivity contribution in [2.24, 2.45) is 0 Å². The zero-order chi connectivity index (χ0) is 18.3. The van der Waals surface area contributed by atoms with Crippen LogP contribution in [0.1, 0.15) is 25.7 Å². The van der Waals surface area contributed by atoms with Gasteiger partial charge in [-0.2, -0.15) is 0 Å². The van der Waals surface area contributed by atoms with Gasteiger partial charge in [0.15, 0.2) is 0 Å². The summed E-state index contributed by atoms with van der Waals surface area (Å²) in [5.74, 6) is 0.930. The molecular weight excluding hydrogens is 332 g/mol. The first-order valence-corrected chi connectivity index (χ1v) is 9.27. The molecule has 4 heterocycles. The summed E-state index contributed by atoms with van der Waals surface area (Å²) in [7, 11) is 4.15. The molecule has 3 atom stereocenters. The van der Waals surface area contributed by atoms with Crippen molar-refractivity contribution >= 4 is 22.9 Å². The SMILES string of the molecule is CN(C)CCC1C[C@@H]2[C@@H](CCCN2C(=O)O)N1c1ncnc2[nH]ccc12. The molecule has 2 fully saturated rings. The molecule has 0 saturated carbocycles. The Morgan fingerprint density at radius 1 is 1.38 bits per heavy atom. The first kappa shape index (κ1) is 17.1. The zero-order valence-corrected chi connectivity index (χ0v) is 15.3. The summed E-state index contributed by atoms with van der Waals surface area (Å²) in [6.07, 6.45) is 6.43. The van der Waals surface area contributed by atoms with Crippen LogP contribution in [0.4, 0.5) is 10.6 Å². The van der Waals surface area contributed by atoms with Crippen molar-refractivity contribution in [3.05, 3.63) is 18.6 Å². The Labute approximate surface area is 152 Å². The van der Waals surface area contributed by atoms with E-state index >= 15 is 0 Å². The van der Waals surface area contributed by atoms with Crippen LogP contribution in [-0.4, -0.2) is 81.3 Å². The predicted molar refractivity (Wildman–Crippen MR) is 99.5 cm³/mol. The van der Waals surface area contributed by atoms with E-state index in [0.29, 0.717) is 6.54 Å². The monoisotopic (exact) mass is 358 g/mol. The van der Waals surface area contributed by atoms with Crippen LogP contribution in [0.15, 0.2) is 18.6 Å². The van der Waals surface area contributed by atoms with Crippen LogP contribution in [0.25, 0.3) is 11.0 Å². The van der Waals surface area contributed by atoms with E-state index in [0.717, 1.165) is 49.1 Å². The number of likely N-dealkylation sites (tertiary alicyclic amines) is 1. The Hall–Kier alpha value is -2.35.